The van der Waals surface area contributed by atoms with Crippen LogP contribution in [0.15, 0.2) is 0 Å². The summed E-state index contributed by atoms with van der Waals surface area (Å²) < 4.78 is 4.83. The van der Waals surface area contributed by atoms with Gasteiger partial charge in [-0.3, -0.25) is 9.59 Å². The quantitative estimate of drug-likeness (QED) is 0.585. The van der Waals surface area contributed by atoms with E-state index in [1.165, 1.54) is 0 Å². The van der Waals surface area contributed by atoms with E-state index in [2.05, 4.69) is 12.2 Å². The number of esters is 1. The van der Waals surface area contributed by atoms with E-state index in [0.717, 1.165) is 31.6 Å². The third-order valence-corrected chi connectivity index (χ3v) is 3.55. The molecule has 0 unspecified atom stereocenters. The number of ether oxygens (including phenoxy) is 1. The van der Waals surface area contributed by atoms with Crippen LogP contribution in [-0.4, -0.2) is 25.0 Å². The molecule has 1 aliphatic carbocycles. The van der Waals surface area contributed by atoms with Crippen molar-refractivity contribution in [2.45, 2.75) is 52.4 Å². The van der Waals surface area contributed by atoms with E-state index in [0.29, 0.717) is 26.0 Å². The van der Waals surface area contributed by atoms with Gasteiger partial charge in [-0.2, -0.15) is 0 Å². The second-order valence-corrected chi connectivity index (χ2v) is 5.16. The van der Waals surface area contributed by atoms with Crippen molar-refractivity contribution in [3.63, 3.8) is 0 Å². The fourth-order valence-electron chi connectivity index (χ4n) is 2.34. The summed E-state index contributed by atoms with van der Waals surface area (Å²) in [6.45, 7) is 5.03. The second-order valence-electron chi connectivity index (χ2n) is 5.16. The Bertz CT molecular complexity index is 270. The zero-order valence-electron chi connectivity index (χ0n) is 11.5. The van der Waals surface area contributed by atoms with Gasteiger partial charge in [-0.05, 0) is 44.9 Å². The van der Waals surface area contributed by atoms with Crippen LogP contribution in [0.2, 0.25) is 0 Å². The maximum absolute atomic E-state index is 11.8. The van der Waals surface area contributed by atoms with E-state index in [1.54, 1.807) is 6.92 Å². The maximum Gasteiger partial charge on any atom is 0.305 e. The molecule has 0 aromatic rings. The van der Waals surface area contributed by atoms with Crippen LogP contribution in [0, 0.1) is 11.8 Å². The minimum Gasteiger partial charge on any atom is -0.466 e. The first-order valence-corrected chi connectivity index (χ1v) is 7.06. The standard InChI is InChI=1S/C14H25NO3/c1-3-18-13(16)5-4-10-15-14(17)12-8-6-11(2)7-9-12/h11-12H,3-10H2,1-2H3,(H,15,17). The Morgan fingerprint density at radius 3 is 2.50 bits per heavy atom. The topological polar surface area (TPSA) is 55.4 Å². The smallest absolute Gasteiger partial charge is 0.305 e. The van der Waals surface area contributed by atoms with Gasteiger partial charge in [-0.15, -0.1) is 0 Å². The van der Waals surface area contributed by atoms with Crippen molar-refractivity contribution in [1.29, 1.82) is 0 Å². The predicted octanol–water partition coefficient (Wildman–Crippen LogP) is 2.27. The number of rotatable bonds is 6. The van der Waals surface area contributed by atoms with E-state index in [9.17, 15) is 9.59 Å². The van der Waals surface area contributed by atoms with Gasteiger partial charge in [0, 0.05) is 18.9 Å². The van der Waals surface area contributed by atoms with Crippen molar-refractivity contribution in [3.8, 4) is 0 Å². The van der Waals surface area contributed by atoms with Crippen LogP contribution < -0.4 is 5.32 Å². The Balaban J connectivity index is 2.08. The third kappa shape index (κ3) is 5.52. The van der Waals surface area contributed by atoms with Gasteiger partial charge < -0.3 is 10.1 Å². The summed E-state index contributed by atoms with van der Waals surface area (Å²) in [6.07, 6.45) is 5.36. The Labute approximate surface area is 109 Å². The highest BCUT2D eigenvalue weighted by atomic mass is 16.5. The van der Waals surface area contributed by atoms with Gasteiger partial charge in [0.25, 0.3) is 0 Å². The molecule has 4 nitrogen and oxygen atoms in total. The first kappa shape index (κ1) is 15.0. The highest BCUT2D eigenvalue weighted by Gasteiger charge is 2.23. The number of carbonyl (C=O) groups is 2. The van der Waals surface area contributed by atoms with E-state index in [1.807, 2.05) is 0 Å². The van der Waals surface area contributed by atoms with Crippen LogP contribution >= 0.6 is 0 Å². The summed E-state index contributed by atoms with van der Waals surface area (Å²) in [5.74, 6) is 0.922. The zero-order valence-corrected chi connectivity index (χ0v) is 11.5. The van der Waals surface area contributed by atoms with Gasteiger partial charge in [-0.25, -0.2) is 0 Å². The molecule has 0 heterocycles. The fraction of sp³-hybridized carbons (Fsp3) is 0.857. The summed E-state index contributed by atoms with van der Waals surface area (Å²) in [4.78, 5) is 22.9. The molecule has 1 amide bonds. The van der Waals surface area contributed by atoms with Crippen molar-refractivity contribution in [2.75, 3.05) is 13.2 Å². The summed E-state index contributed by atoms with van der Waals surface area (Å²) in [6, 6.07) is 0. The fourth-order valence-corrected chi connectivity index (χ4v) is 2.34. The molecule has 1 rings (SSSR count). The molecule has 0 aromatic heterocycles. The number of hydrogen-bond donors (Lipinski definition) is 1. The lowest BCUT2D eigenvalue weighted by Gasteiger charge is -2.25. The number of nitrogens with one attached hydrogen (secondary N) is 1. The summed E-state index contributed by atoms with van der Waals surface area (Å²) in [5.41, 5.74) is 0. The van der Waals surface area contributed by atoms with Crippen LogP contribution in [0.1, 0.15) is 52.4 Å². The van der Waals surface area contributed by atoms with Gasteiger partial charge in [-0.1, -0.05) is 6.92 Å². The lowest BCUT2D eigenvalue weighted by Crippen LogP contribution is -2.33. The molecule has 0 atom stereocenters. The second kappa shape index (κ2) is 8.11. The molecule has 0 aromatic carbocycles. The van der Waals surface area contributed by atoms with Crippen LogP contribution in [0.4, 0.5) is 0 Å². The molecule has 1 N–H and O–H groups in total. The van der Waals surface area contributed by atoms with Gasteiger partial charge in [0.1, 0.15) is 0 Å². The molecule has 0 saturated heterocycles. The Kier molecular flexibility index (Phi) is 6.76. The highest BCUT2D eigenvalue weighted by molar-refractivity contribution is 5.78. The lowest BCUT2D eigenvalue weighted by atomic mass is 9.82. The number of amides is 1. The Morgan fingerprint density at radius 1 is 1.22 bits per heavy atom. The average Bonchev–Trinajstić information content (AvgIpc) is 2.35. The van der Waals surface area contributed by atoms with Gasteiger partial charge in [0.05, 0.1) is 6.61 Å². The van der Waals surface area contributed by atoms with Crippen LogP contribution in [0.3, 0.4) is 0 Å². The van der Waals surface area contributed by atoms with E-state index >= 15 is 0 Å². The molecule has 0 radical (unpaired) electrons. The molecule has 4 heteroatoms. The summed E-state index contributed by atoms with van der Waals surface area (Å²) >= 11 is 0. The number of hydrogen-bond acceptors (Lipinski definition) is 3. The molecule has 1 saturated carbocycles. The molecule has 1 fully saturated rings. The predicted molar refractivity (Wildman–Crippen MR) is 70.0 cm³/mol. The molecule has 0 spiro atoms. The minimum absolute atomic E-state index is 0.158. The first-order valence-electron chi connectivity index (χ1n) is 7.06. The molecule has 1 aliphatic rings. The highest BCUT2D eigenvalue weighted by Crippen LogP contribution is 2.28. The van der Waals surface area contributed by atoms with Gasteiger partial charge in [0.2, 0.25) is 5.91 Å². The van der Waals surface area contributed by atoms with Crippen molar-refractivity contribution < 1.29 is 14.3 Å². The molecular formula is C14H25NO3. The van der Waals surface area contributed by atoms with Crippen LogP contribution in [0.25, 0.3) is 0 Å². The first-order chi connectivity index (χ1) is 8.63. The average molecular weight is 255 g/mol. The third-order valence-electron chi connectivity index (χ3n) is 3.55. The van der Waals surface area contributed by atoms with E-state index in [4.69, 9.17) is 4.74 Å². The summed E-state index contributed by atoms with van der Waals surface area (Å²) in [5, 5.41) is 2.92. The lowest BCUT2D eigenvalue weighted by molar-refractivity contribution is -0.143. The minimum atomic E-state index is -0.182. The van der Waals surface area contributed by atoms with Crippen molar-refractivity contribution >= 4 is 11.9 Å². The van der Waals surface area contributed by atoms with Gasteiger partial charge >= 0.3 is 5.97 Å². The normalized spacial score (nSPS) is 23.4. The molecule has 0 aliphatic heterocycles. The van der Waals surface area contributed by atoms with Gasteiger partial charge in [0.15, 0.2) is 0 Å². The van der Waals surface area contributed by atoms with Crippen molar-refractivity contribution in [2.24, 2.45) is 11.8 Å². The molecule has 18 heavy (non-hydrogen) atoms. The van der Waals surface area contributed by atoms with E-state index in [-0.39, 0.29) is 17.8 Å². The zero-order chi connectivity index (χ0) is 13.4. The largest absolute Gasteiger partial charge is 0.466 e. The maximum atomic E-state index is 11.8. The number of carbonyl (C=O) groups excluding carboxylic acids is 2. The van der Waals surface area contributed by atoms with Crippen molar-refractivity contribution in [3.05, 3.63) is 0 Å². The van der Waals surface area contributed by atoms with Crippen LogP contribution in [0.5, 0.6) is 0 Å². The van der Waals surface area contributed by atoms with Crippen LogP contribution in [-0.2, 0) is 14.3 Å². The Morgan fingerprint density at radius 2 is 1.89 bits per heavy atom. The monoisotopic (exact) mass is 255 g/mol. The van der Waals surface area contributed by atoms with E-state index < -0.39 is 0 Å². The Hall–Kier alpha value is -1.06. The van der Waals surface area contributed by atoms with Crippen molar-refractivity contribution in [1.82, 2.24) is 5.32 Å². The SMILES string of the molecule is CCOC(=O)CCCNC(=O)C1CCC(C)CC1. The summed E-state index contributed by atoms with van der Waals surface area (Å²) in [7, 11) is 0. The molecular weight excluding hydrogens is 230 g/mol. The molecule has 104 valence electrons. The molecule has 0 bridgehead atoms.